The van der Waals surface area contributed by atoms with Crippen molar-refractivity contribution in [2.75, 3.05) is 6.61 Å². The highest BCUT2D eigenvalue weighted by molar-refractivity contribution is 7.89. The van der Waals surface area contributed by atoms with Crippen LogP contribution in [0.25, 0.3) is 22.4 Å². The lowest BCUT2D eigenvalue weighted by atomic mass is 9.98. The van der Waals surface area contributed by atoms with Crippen LogP contribution in [-0.2, 0) is 16.6 Å². The van der Waals surface area contributed by atoms with Gasteiger partial charge in [-0.05, 0) is 42.7 Å². The van der Waals surface area contributed by atoms with Gasteiger partial charge in [0.25, 0.3) is 0 Å². The van der Waals surface area contributed by atoms with Crippen molar-refractivity contribution in [3.8, 4) is 28.3 Å². The third-order valence-electron chi connectivity index (χ3n) is 4.82. The fraction of sp³-hybridized carbons (Fsp3) is 0.261. The Morgan fingerprint density at radius 2 is 1.67 bits per heavy atom. The van der Waals surface area contributed by atoms with E-state index in [-0.39, 0.29) is 11.5 Å². The molecule has 0 aliphatic heterocycles. The van der Waals surface area contributed by atoms with Crippen LogP contribution in [0.5, 0.6) is 5.88 Å². The minimum Gasteiger partial charge on any atom is -0.477 e. The Labute approximate surface area is 177 Å². The van der Waals surface area contributed by atoms with Crippen LogP contribution in [0.4, 0.5) is 0 Å². The number of aryl methyl sites for hydroxylation is 1. The van der Waals surface area contributed by atoms with Gasteiger partial charge in [-0.25, -0.2) is 18.5 Å². The van der Waals surface area contributed by atoms with E-state index >= 15 is 0 Å². The maximum absolute atomic E-state index is 11.6. The monoisotopic (exact) mass is 426 g/mol. The van der Waals surface area contributed by atoms with E-state index in [1.807, 2.05) is 37.3 Å². The molecule has 0 aliphatic rings. The lowest BCUT2D eigenvalue weighted by Gasteiger charge is -2.16. The van der Waals surface area contributed by atoms with Gasteiger partial charge in [-0.1, -0.05) is 55.3 Å². The molecule has 2 aromatic carbocycles. The van der Waals surface area contributed by atoms with E-state index in [2.05, 4.69) is 11.9 Å². The number of aliphatic hydroxyl groups is 1. The van der Waals surface area contributed by atoms with Crippen molar-refractivity contribution in [1.29, 1.82) is 0 Å². The quantitative estimate of drug-likeness (QED) is 0.529. The van der Waals surface area contributed by atoms with Gasteiger partial charge in [0.05, 0.1) is 23.8 Å². The Balaban J connectivity index is 2.14. The first-order valence-corrected chi connectivity index (χ1v) is 11.4. The number of pyridine rings is 1. The number of hydrogen-bond donors (Lipinski definition) is 2. The lowest BCUT2D eigenvalue weighted by Crippen LogP contribution is -2.11. The summed E-state index contributed by atoms with van der Waals surface area (Å²) in [7, 11) is -3.78. The van der Waals surface area contributed by atoms with Crippen molar-refractivity contribution in [2.24, 2.45) is 5.14 Å². The summed E-state index contributed by atoms with van der Waals surface area (Å²) in [6.45, 7) is 4.33. The number of primary sulfonamides is 1. The molecule has 0 saturated heterocycles. The number of hydrogen-bond acceptors (Lipinski definition) is 5. The van der Waals surface area contributed by atoms with Crippen LogP contribution < -0.4 is 9.88 Å². The average Bonchev–Trinajstić information content (AvgIpc) is 2.73. The van der Waals surface area contributed by atoms with Gasteiger partial charge in [0, 0.05) is 11.1 Å². The highest BCUT2D eigenvalue weighted by Crippen LogP contribution is 2.34. The molecule has 30 heavy (non-hydrogen) atoms. The largest absolute Gasteiger partial charge is 0.477 e. The Morgan fingerprint density at radius 3 is 2.23 bits per heavy atom. The first-order valence-electron chi connectivity index (χ1n) is 9.81. The number of aromatic nitrogens is 1. The van der Waals surface area contributed by atoms with Crippen LogP contribution in [0, 0.1) is 6.92 Å². The van der Waals surface area contributed by atoms with Gasteiger partial charge in [-0.2, -0.15) is 0 Å². The summed E-state index contributed by atoms with van der Waals surface area (Å²) >= 11 is 0. The predicted molar refractivity (Wildman–Crippen MR) is 118 cm³/mol. The second-order valence-electron chi connectivity index (χ2n) is 7.13. The van der Waals surface area contributed by atoms with Crippen LogP contribution >= 0.6 is 0 Å². The molecule has 0 unspecified atom stereocenters. The minimum atomic E-state index is -3.78. The minimum absolute atomic E-state index is 0.0315. The molecule has 3 rings (SSSR count). The molecule has 0 spiro atoms. The van der Waals surface area contributed by atoms with Crippen molar-refractivity contribution in [2.45, 2.75) is 38.2 Å². The van der Waals surface area contributed by atoms with Gasteiger partial charge in [0.1, 0.15) is 0 Å². The van der Waals surface area contributed by atoms with Crippen LogP contribution in [0.15, 0.2) is 59.5 Å². The van der Waals surface area contributed by atoms with Crippen molar-refractivity contribution in [3.05, 3.63) is 65.7 Å². The predicted octanol–water partition coefficient (Wildman–Crippen LogP) is 4.04. The van der Waals surface area contributed by atoms with E-state index in [0.717, 1.165) is 35.1 Å². The van der Waals surface area contributed by atoms with Crippen molar-refractivity contribution in [1.82, 2.24) is 4.98 Å². The van der Waals surface area contributed by atoms with Crippen LogP contribution in [0.2, 0.25) is 0 Å². The van der Waals surface area contributed by atoms with Crippen LogP contribution in [0.3, 0.4) is 0 Å². The van der Waals surface area contributed by atoms with Gasteiger partial charge in [-0.3, -0.25) is 0 Å². The molecule has 0 saturated carbocycles. The van der Waals surface area contributed by atoms with E-state index in [4.69, 9.17) is 9.88 Å². The number of nitrogens with two attached hydrogens (primary N) is 1. The van der Waals surface area contributed by atoms with Crippen LogP contribution in [0.1, 0.15) is 30.9 Å². The van der Waals surface area contributed by atoms with Gasteiger partial charge in [0.2, 0.25) is 15.9 Å². The molecule has 0 aliphatic carbocycles. The topological polar surface area (TPSA) is 103 Å². The summed E-state index contributed by atoms with van der Waals surface area (Å²) in [6.07, 6.45) is 1.85. The van der Waals surface area contributed by atoms with E-state index in [0.29, 0.717) is 23.7 Å². The Bertz CT molecular complexity index is 1110. The third kappa shape index (κ3) is 5.05. The molecule has 0 radical (unpaired) electrons. The van der Waals surface area contributed by atoms with E-state index in [1.54, 1.807) is 12.1 Å². The fourth-order valence-electron chi connectivity index (χ4n) is 3.09. The zero-order valence-corrected chi connectivity index (χ0v) is 17.9. The lowest BCUT2D eigenvalue weighted by molar-refractivity contribution is 0.256. The summed E-state index contributed by atoms with van der Waals surface area (Å²) in [5, 5.41) is 15.3. The van der Waals surface area contributed by atoms with E-state index in [9.17, 15) is 13.5 Å². The van der Waals surface area contributed by atoms with Crippen LogP contribution in [-0.4, -0.2) is 25.1 Å². The summed E-state index contributed by atoms with van der Waals surface area (Å²) in [4.78, 5) is 4.69. The molecule has 1 aromatic heterocycles. The molecular weight excluding hydrogens is 400 g/mol. The molecule has 3 aromatic rings. The summed E-state index contributed by atoms with van der Waals surface area (Å²) < 4.78 is 29.1. The number of aliphatic hydroxyl groups excluding tert-OH is 1. The fourth-order valence-corrected chi connectivity index (χ4v) is 3.60. The number of nitrogens with zero attached hydrogens (tertiary/aromatic N) is 1. The molecular formula is C23H26N2O4S. The number of sulfonamides is 1. The first-order chi connectivity index (χ1) is 14.3. The zero-order valence-electron chi connectivity index (χ0n) is 17.1. The molecule has 1 heterocycles. The number of ether oxygens (including phenoxy) is 1. The molecule has 0 atom stereocenters. The first kappa shape index (κ1) is 22.0. The van der Waals surface area contributed by atoms with Gasteiger partial charge < -0.3 is 9.84 Å². The number of rotatable bonds is 8. The highest BCUT2D eigenvalue weighted by Gasteiger charge is 2.17. The molecule has 7 heteroatoms. The summed E-state index contributed by atoms with van der Waals surface area (Å²) in [6, 6.07) is 16.1. The van der Waals surface area contributed by atoms with E-state index < -0.39 is 10.0 Å². The smallest absolute Gasteiger partial charge is 0.238 e. The number of benzene rings is 2. The summed E-state index contributed by atoms with van der Waals surface area (Å²) in [5.74, 6) is 0.384. The molecule has 0 bridgehead atoms. The SMILES string of the molecule is CCCCOc1nc(-c2ccc(C)cc2)cc(-c2ccc(S(N)(=O)=O)cc2)c1CO. The van der Waals surface area contributed by atoms with Gasteiger partial charge >= 0.3 is 0 Å². The molecule has 6 nitrogen and oxygen atoms in total. The number of unbranched alkanes of at least 4 members (excludes halogenated alkanes) is 1. The third-order valence-corrected chi connectivity index (χ3v) is 5.75. The zero-order chi connectivity index (χ0) is 21.7. The van der Waals surface area contributed by atoms with Crippen molar-refractivity contribution < 1.29 is 18.3 Å². The Morgan fingerprint density at radius 1 is 1.03 bits per heavy atom. The maximum atomic E-state index is 11.6. The average molecular weight is 427 g/mol. The molecule has 0 fully saturated rings. The Hall–Kier alpha value is -2.74. The molecule has 3 N–H and O–H groups in total. The van der Waals surface area contributed by atoms with Crippen molar-refractivity contribution >= 4 is 10.0 Å². The summed E-state index contributed by atoms with van der Waals surface area (Å²) in [5.41, 5.74) is 4.81. The molecule has 0 amide bonds. The maximum Gasteiger partial charge on any atom is 0.238 e. The highest BCUT2D eigenvalue weighted by atomic mass is 32.2. The van der Waals surface area contributed by atoms with E-state index in [1.165, 1.54) is 12.1 Å². The Kier molecular flexibility index (Phi) is 6.87. The van der Waals surface area contributed by atoms with Crippen molar-refractivity contribution in [3.63, 3.8) is 0 Å². The normalized spacial score (nSPS) is 11.5. The van der Waals surface area contributed by atoms with Gasteiger partial charge in [0.15, 0.2) is 0 Å². The van der Waals surface area contributed by atoms with Gasteiger partial charge in [-0.15, -0.1) is 0 Å². The molecule has 158 valence electrons. The standard InChI is InChI=1S/C23H26N2O4S/c1-3-4-13-29-23-21(15-26)20(17-9-11-19(12-10-17)30(24,27)28)14-22(25-23)18-7-5-16(2)6-8-18/h5-12,14,26H,3-4,13,15H2,1-2H3,(H2,24,27,28). The second-order valence-corrected chi connectivity index (χ2v) is 8.70. The second kappa shape index (κ2) is 9.38.